The van der Waals surface area contributed by atoms with Crippen molar-refractivity contribution < 1.29 is 19.4 Å². The highest BCUT2D eigenvalue weighted by atomic mass is 35.5. The molecule has 0 radical (unpaired) electrons. The maximum Gasteiger partial charge on any atom is 0.271 e. The van der Waals surface area contributed by atoms with E-state index in [1.807, 2.05) is 0 Å². The zero-order valence-corrected chi connectivity index (χ0v) is 17.7. The molecule has 3 N–H and O–H groups in total. The van der Waals surface area contributed by atoms with E-state index in [0.29, 0.717) is 27.4 Å². The smallest absolute Gasteiger partial charge is 0.271 e. The number of nitrogens with one attached hydrogen (secondary N) is 2. The molecule has 3 aromatic rings. The number of aromatic hydroxyl groups is 1. The first-order chi connectivity index (χ1) is 14.9. The number of anilines is 1. The third kappa shape index (κ3) is 5.75. The third-order valence-corrected chi connectivity index (χ3v) is 4.67. The molecule has 3 rings (SSSR count). The van der Waals surface area contributed by atoms with Gasteiger partial charge in [-0.3, -0.25) is 9.59 Å². The molecule has 158 valence electrons. The molecule has 2 amide bonds. The van der Waals surface area contributed by atoms with Gasteiger partial charge in [-0.05, 0) is 60.2 Å². The Kier molecular flexibility index (Phi) is 7.12. The first-order valence-electron chi connectivity index (χ1n) is 8.94. The lowest BCUT2D eigenvalue weighted by Crippen LogP contribution is -2.18. The summed E-state index contributed by atoms with van der Waals surface area (Å²) in [7, 11) is 1.40. The van der Waals surface area contributed by atoms with Gasteiger partial charge in [-0.25, -0.2) is 5.43 Å². The Labute approximate surface area is 188 Å². The van der Waals surface area contributed by atoms with Crippen LogP contribution in [0.2, 0.25) is 10.0 Å². The van der Waals surface area contributed by atoms with Gasteiger partial charge in [0, 0.05) is 21.8 Å². The number of amides is 2. The van der Waals surface area contributed by atoms with E-state index in [-0.39, 0.29) is 22.4 Å². The zero-order valence-electron chi connectivity index (χ0n) is 16.2. The normalized spacial score (nSPS) is 10.7. The molecule has 7 nitrogen and oxygen atoms in total. The average Bonchev–Trinajstić information content (AvgIpc) is 2.76. The molecular formula is C22H17Cl2N3O4. The van der Waals surface area contributed by atoms with E-state index >= 15 is 0 Å². The minimum absolute atomic E-state index is 0.0996. The summed E-state index contributed by atoms with van der Waals surface area (Å²) in [6, 6.07) is 15.9. The van der Waals surface area contributed by atoms with E-state index in [4.69, 9.17) is 27.9 Å². The van der Waals surface area contributed by atoms with Crippen molar-refractivity contribution in [3.05, 3.63) is 87.4 Å². The fraction of sp³-hybridized carbons (Fsp3) is 0.0455. The second-order valence-electron chi connectivity index (χ2n) is 6.29. The van der Waals surface area contributed by atoms with Crippen LogP contribution in [0.15, 0.2) is 65.8 Å². The molecule has 0 fully saturated rings. The van der Waals surface area contributed by atoms with Crippen LogP contribution in [0.5, 0.6) is 11.5 Å². The summed E-state index contributed by atoms with van der Waals surface area (Å²) in [6.07, 6.45) is 1.37. The minimum Gasteiger partial charge on any atom is -0.503 e. The highest BCUT2D eigenvalue weighted by molar-refractivity contribution is 6.32. The van der Waals surface area contributed by atoms with Gasteiger partial charge in [0.25, 0.3) is 11.8 Å². The molecule has 9 heteroatoms. The molecule has 0 saturated carbocycles. The van der Waals surface area contributed by atoms with Gasteiger partial charge in [0.15, 0.2) is 11.5 Å². The number of phenolic OH excluding ortho intramolecular Hbond substituents is 1. The van der Waals surface area contributed by atoms with Gasteiger partial charge in [-0.2, -0.15) is 5.10 Å². The number of hydrogen-bond acceptors (Lipinski definition) is 5. The van der Waals surface area contributed by atoms with E-state index in [0.717, 1.165) is 0 Å². The standard InChI is InChI=1S/C22H17Cl2N3O4/c1-31-19-10-13(9-18(24)20(19)28)12-25-27-22(30)14-5-7-17(8-6-14)26-21(29)15-3-2-4-16(23)11-15/h2-12,28H,1H3,(H,26,29)(H,27,30). The van der Waals surface area contributed by atoms with Crippen LogP contribution in [0.4, 0.5) is 5.69 Å². The van der Waals surface area contributed by atoms with E-state index in [9.17, 15) is 14.7 Å². The first-order valence-corrected chi connectivity index (χ1v) is 9.70. The van der Waals surface area contributed by atoms with Gasteiger partial charge in [0.1, 0.15) is 0 Å². The molecule has 0 aromatic heterocycles. The second-order valence-corrected chi connectivity index (χ2v) is 7.14. The highest BCUT2D eigenvalue weighted by Gasteiger charge is 2.10. The Morgan fingerprint density at radius 1 is 1.00 bits per heavy atom. The van der Waals surface area contributed by atoms with E-state index < -0.39 is 5.91 Å². The van der Waals surface area contributed by atoms with Gasteiger partial charge in [0.05, 0.1) is 18.3 Å². The molecule has 0 unspecified atom stereocenters. The lowest BCUT2D eigenvalue weighted by Gasteiger charge is -2.07. The number of carbonyl (C=O) groups excluding carboxylic acids is 2. The van der Waals surface area contributed by atoms with Crippen LogP contribution >= 0.6 is 23.2 Å². The van der Waals surface area contributed by atoms with Crippen LogP contribution in [0.1, 0.15) is 26.3 Å². The molecule has 0 aliphatic rings. The molecule has 0 aliphatic carbocycles. The first kappa shape index (κ1) is 22.1. The van der Waals surface area contributed by atoms with Gasteiger partial charge in [-0.1, -0.05) is 29.3 Å². The molecule has 0 saturated heterocycles. The van der Waals surface area contributed by atoms with Crippen molar-refractivity contribution in [1.29, 1.82) is 0 Å². The number of ether oxygens (including phenoxy) is 1. The molecular weight excluding hydrogens is 441 g/mol. The molecule has 0 spiro atoms. The van der Waals surface area contributed by atoms with Crippen LogP contribution in [0, 0.1) is 0 Å². The number of phenols is 1. The predicted octanol–water partition coefficient (Wildman–Crippen LogP) is 4.72. The van der Waals surface area contributed by atoms with Crippen molar-refractivity contribution in [2.75, 3.05) is 12.4 Å². The maximum atomic E-state index is 12.3. The number of hydrazone groups is 1. The quantitative estimate of drug-likeness (QED) is 0.368. The largest absolute Gasteiger partial charge is 0.503 e. The Morgan fingerprint density at radius 3 is 2.42 bits per heavy atom. The van der Waals surface area contributed by atoms with Gasteiger partial charge >= 0.3 is 0 Å². The molecule has 0 heterocycles. The number of halogens is 2. The van der Waals surface area contributed by atoms with Crippen molar-refractivity contribution in [1.82, 2.24) is 5.43 Å². The van der Waals surface area contributed by atoms with Crippen molar-refractivity contribution in [2.45, 2.75) is 0 Å². The second kappa shape index (κ2) is 9.97. The SMILES string of the molecule is COc1cc(C=NNC(=O)c2ccc(NC(=O)c3cccc(Cl)c3)cc2)cc(Cl)c1O. The van der Waals surface area contributed by atoms with Crippen LogP contribution in [0.25, 0.3) is 0 Å². The topological polar surface area (TPSA) is 100 Å². The Hall–Kier alpha value is -3.55. The van der Waals surface area contributed by atoms with Crippen LogP contribution in [-0.2, 0) is 0 Å². The van der Waals surface area contributed by atoms with Crippen molar-refractivity contribution >= 4 is 46.9 Å². The zero-order chi connectivity index (χ0) is 22.4. The van der Waals surface area contributed by atoms with E-state index in [1.54, 1.807) is 48.5 Å². The highest BCUT2D eigenvalue weighted by Crippen LogP contribution is 2.34. The predicted molar refractivity (Wildman–Crippen MR) is 121 cm³/mol. The van der Waals surface area contributed by atoms with Crippen molar-refractivity contribution in [3.8, 4) is 11.5 Å². The summed E-state index contributed by atoms with van der Waals surface area (Å²) in [5, 5.41) is 16.9. The Balaban J connectivity index is 1.61. The van der Waals surface area contributed by atoms with E-state index in [2.05, 4.69) is 15.8 Å². The summed E-state index contributed by atoms with van der Waals surface area (Å²) < 4.78 is 5.02. The minimum atomic E-state index is -0.444. The number of rotatable bonds is 6. The van der Waals surface area contributed by atoms with Gasteiger partial charge in [0.2, 0.25) is 0 Å². The summed E-state index contributed by atoms with van der Waals surface area (Å²) in [5.74, 6) is -0.739. The van der Waals surface area contributed by atoms with Crippen LogP contribution in [0.3, 0.4) is 0 Å². The molecule has 0 aliphatic heterocycles. The van der Waals surface area contributed by atoms with Gasteiger partial charge in [-0.15, -0.1) is 0 Å². The Morgan fingerprint density at radius 2 is 1.74 bits per heavy atom. The fourth-order valence-corrected chi connectivity index (χ4v) is 3.00. The Bertz CT molecular complexity index is 1150. The number of carbonyl (C=O) groups is 2. The summed E-state index contributed by atoms with van der Waals surface area (Å²) >= 11 is 11.8. The number of methoxy groups -OCH3 is 1. The molecule has 3 aromatic carbocycles. The number of hydrogen-bond donors (Lipinski definition) is 3. The number of benzene rings is 3. The molecule has 0 bridgehead atoms. The van der Waals surface area contributed by atoms with Crippen molar-refractivity contribution in [2.24, 2.45) is 5.10 Å². The van der Waals surface area contributed by atoms with Crippen LogP contribution < -0.4 is 15.5 Å². The summed E-state index contributed by atoms with van der Waals surface area (Å²) in [4.78, 5) is 24.5. The lowest BCUT2D eigenvalue weighted by molar-refractivity contribution is 0.0954. The maximum absolute atomic E-state index is 12.3. The van der Waals surface area contributed by atoms with Crippen LogP contribution in [-0.4, -0.2) is 30.2 Å². The van der Waals surface area contributed by atoms with Crippen molar-refractivity contribution in [3.63, 3.8) is 0 Å². The third-order valence-electron chi connectivity index (χ3n) is 4.14. The average molecular weight is 458 g/mol. The number of nitrogens with zero attached hydrogens (tertiary/aromatic N) is 1. The lowest BCUT2D eigenvalue weighted by atomic mass is 10.1. The molecule has 31 heavy (non-hydrogen) atoms. The van der Waals surface area contributed by atoms with E-state index in [1.165, 1.54) is 25.5 Å². The summed E-state index contributed by atoms with van der Waals surface area (Å²) in [5.41, 5.74) is 4.22. The monoisotopic (exact) mass is 457 g/mol. The summed E-state index contributed by atoms with van der Waals surface area (Å²) in [6.45, 7) is 0. The van der Waals surface area contributed by atoms with Gasteiger partial charge < -0.3 is 15.2 Å². The fourth-order valence-electron chi connectivity index (χ4n) is 2.59. The molecule has 0 atom stereocenters.